The fourth-order valence-corrected chi connectivity index (χ4v) is 6.93. The molecular weight excluding hydrogens is 680 g/mol. The lowest BCUT2D eigenvalue weighted by molar-refractivity contribution is -0.152. The summed E-state index contributed by atoms with van der Waals surface area (Å²) in [7, 11) is 0. The molecule has 1 amide bonds. The third-order valence-corrected chi connectivity index (χ3v) is 11.0. The van der Waals surface area contributed by atoms with E-state index in [0.29, 0.717) is 50.8 Å². The SMILES string of the molecule is CCOCCOC1(C)CCC(O)CC(=O)OC(/C(C)=C/C=C/C(C)(O)CC(O)C(C)C(C)C(O)CC)C(C)/C=C/C1OC(=O)N1CCN(C(C)C)CC1. The maximum atomic E-state index is 13.6. The van der Waals surface area contributed by atoms with Crippen LogP contribution in [0, 0.1) is 17.8 Å². The van der Waals surface area contributed by atoms with Crippen LogP contribution in [-0.4, -0.2) is 136 Å². The second-order valence-corrected chi connectivity index (χ2v) is 15.9. The molecule has 2 rings (SSSR count). The van der Waals surface area contributed by atoms with Crippen LogP contribution in [0.4, 0.5) is 4.79 Å². The lowest BCUT2D eigenvalue weighted by atomic mass is 9.81. The topological polar surface area (TPSA) is 158 Å². The number of amides is 1. The molecule has 0 bridgehead atoms. The summed E-state index contributed by atoms with van der Waals surface area (Å²) in [4.78, 5) is 30.8. The fraction of sp³-hybridized carbons (Fsp3) is 0.805. The molecule has 2 aliphatic heterocycles. The number of aliphatic hydroxyl groups excluding tert-OH is 3. The minimum Gasteiger partial charge on any atom is -0.457 e. The number of cyclic esters (lactones) is 1. The monoisotopic (exact) mass is 753 g/mol. The molecule has 0 saturated carbocycles. The van der Waals surface area contributed by atoms with Crippen LogP contribution in [0.2, 0.25) is 0 Å². The van der Waals surface area contributed by atoms with Crippen molar-refractivity contribution in [1.82, 2.24) is 9.80 Å². The van der Waals surface area contributed by atoms with E-state index in [4.69, 9.17) is 18.9 Å². The number of hydrogen-bond donors (Lipinski definition) is 4. The standard InChI is InChI=1S/C41H72N2O10/c1-11-34(45)31(7)32(8)35(46)27-40(9,49)18-13-14-29(5)38-30(6)15-16-36(52-39(48)43-22-20-42(21-23-43)28(3)4)41(10,51-25-24-50-12-2)19-17-33(44)26-37(47)53-38/h13-16,18,28,30-36,38,44-46,49H,11-12,17,19-27H2,1-10H3/b16-15+,18-13+,29-14+. The molecule has 1 fully saturated rings. The first kappa shape index (κ1) is 46.8. The molecule has 12 heteroatoms. The van der Waals surface area contributed by atoms with Crippen LogP contribution in [0.3, 0.4) is 0 Å². The van der Waals surface area contributed by atoms with Crippen LogP contribution in [0.5, 0.6) is 0 Å². The van der Waals surface area contributed by atoms with Gasteiger partial charge < -0.3 is 44.3 Å². The zero-order chi connectivity index (χ0) is 39.9. The van der Waals surface area contributed by atoms with E-state index in [-0.39, 0.29) is 43.6 Å². The average molecular weight is 753 g/mol. The Morgan fingerprint density at radius 2 is 1.72 bits per heavy atom. The van der Waals surface area contributed by atoms with Crippen molar-refractivity contribution >= 4 is 12.1 Å². The molecule has 2 aliphatic rings. The highest BCUT2D eigenvalue weighted by atomic mass is 16.6. The summed E-state index contributed by atoms with van der Waals surface area (Å²) < 4.78 is 24.1. The number of allylic oxidation sites excluding steroid dienone is 2. The van der Waals surface area contributed by atoms with Gasteiger partial charge in [-0.2, -0.15) is 0 Å². The molecule has 306 valence electrons. The van der Waals surface area contributed by atoms with Gasteiger partial charge in [0.25, 0.3) is 0 Å². The van der Waals surface area contributed by atoms with Crippen molar-refractivity contribution in [1.29, 1.82) is 0 Å². The molecule has 10 atom stereocenters. The predicted molar refractivity (Wildman–Crippen MR) is 206 cm³/mol. The molecule has 0 spiro atoms. The number of esters is 1. The molecule has 0 aromatic carbocycles. The number of ether oxygens (including phenoxy) is 4. The molecule has 0 radical (unpaired) electrons. The van der Waals surface area contributed by atoms with Crippen LogP contribution < -0.4 is 0 Å². The lowest BCUT2D eigenvalue weighted by Crippen LogP contribution is -2.53. The van der Waals surface area contributed by atoms with E-state index in [0.717, 1.165) is 13.1 Å². The van der Waals surface area contributed by atoms with Gasteiger partial charge in [-0.3, -0.25) is 9.69 Å². The van der Waals surface area contributed by atoms with Gasteiger partial charge in [-0.05, 0) is 84.3 Å². The van der Waals surface area contributed by atoms with E-state index in [2.05, 4.69) is 18.7 Å². The Balaban J connectivity index is 2.37. The molecule has 0 aliphatic carbocycles. The van der Waals surface area contributed by atoms with Gasteiger partial charge in [0.1, 0.15) is 11.7 Å². The number of carbonyl (C=O) groups is 2. The highest BCUT2D eigenvalue weighted by molar-refractivity contribution is 5.70. The van der Waals surface area contributed by atoms with Gasteiger partial charge in [0.05, 0.1) is 43.5 Å². The third kappa shape index (κ3) is 15.4. The second kappa shape index (κ2) is 22.3. The van der Waals surface area contributed by atoms with Gasteiger partial charge >= 0.3 is 12.1 Å². The van der Waals surface area contributed by atoms with Gasteiger partial charge in [-0.15, -0.1) is 0 Å². The van der Waals surface area contributed by atoms with Crippen LogP contribution in [0.15, 0.2) is 36.0 Å². The van der Waals surface area contributed by atoms with E-state index in [1.165, 1.54) is 0 Å². The van der Waals surface area contributed by atoms with Crippen LogP contribution in [0.25, 0.3) is 0 Å². The molecule has 0 aromatic heterocycles. The van der Waals surface area contributed by atoms with Crippen molar-refractivity contribution < 1.29 is 49.0 Å². The average Bonchev–Trinajstić information content (AvgIpc) is 3.11. The molecule has 1 saturated heterocycles. The Morgan fingerprint density at radius 3 is 2.32 bits per heavy atom. The normalized spacial score (nSPS) is 29.8. The maximum Gasteiger partial charge on any atom is 0.410 e. The van der Waals surface area contributed by atoms with E-state index in [1.807, 2.05) is 54.5 Å². The smallest absolute Gasteiger partial charge is 0.410 e. The number of rotatable bonds is 16. The highest BCUT2D eigenvalue weighted by Crippen LogP contribution is 2.31. The van der Waals surface area contributed by atoms with E-state index < -0.39 is 53.8 Å². The largest absolute Gasteiger partial charge is 0.457 e. The Labute approximate surface area is 319 Å². The quantitative estimate of drug-likeness (QED) is 0.0726. The summed E-state index contributed by atoms with van der Waals surface area (Å²) in [5.74, 6) is -1.28. The van der Waals surface area contributed by atoms with Crippen molar-refractivity contribution in [2.75, 3.05) is 46.0 Å². The number of carbonyl (C=O) groups excluding carboxylic acids is 2. The molecule has 2 heterocycles. The van der Waals surface area contributed by atoms with Crippen molar-refractivity contribution in [2.45, 2.75) is 149 Å². The predicted octanol–water partition coefficient (Wildman–Crippen LogP) is 5.03. The van der Waals surface area contributed by atoms with Gasteiger partial charge in [0.15, 0.2) is 6.10 Å². The Bertz CT molecular complexity index is 1200. The number of nitrogens with zero attached hydrogens (tertiary/aromatic N) is 2. The number of hydrogen-bond acceptors (Lipinski definition) is 11. The van der Waals surface area contributed by atoms with E-state index in [1.54, 1.807) is 36.1 Å². The molecule has 10 unspecified atom stereocenters. The molecule has 12 nitrogen and oxygen atoms in total. The van der Waals surface area contributed by atoms with Gasteiger partial charge in [-0.1, -0.05) is 52.0 Å². The first-order valence-electron chi connectivity index (χ1n) is 19.8. The van der Waals surface area contributed by atoms with Crippen molar-refractivity contribution in [3.05, 3.63) is 36.0 Å². The van der Waals surface area contributed by atoms with Crippen LogP contribution >= 0.6 is 0 Å². The van der Waals surface area contributed by atoms with Crippen molar-refractivity contribution in [3.8, 4) is 0 Å². The van der Waals surface area contributed by atoms with Crippen molar-refractivity contribution in [2.24, 2.45) is 17.8 Å². The van der Waals surface area contributed by atoms with Crippen LogP contribution in [-0.2, 0) is 23.7 Å². The zero-order valence-electron chi connectivity index (χ0n) is 34.2. The van der Waals surface area contributed by atoms with Gasteiger partial charge in [0, 0.05) is 51.2 Å². The first-order valence-corrected chi connectivity index (χ1v) is 19.8. The summed E-state index contributed by atoms with van der Waals surface area (Å²) in [6, 6.07) is 0.386. The molecule has 4 N–H and O–H groups in total. The second-order valence-electron chi connectivity index (χ2n) is 15.9. The molecule has 53 heavy (non-hydrogen) atoms. The minimum atomic E-state index is -1.34. The van der Waals surface area contributed by atoms with Crippen molar-refractivity contribution in [3.63, 3.8) is 0 Å². The third-order valence-electron chi connectivity index (χ3n) is 11.0. The fourth-order valence-electron chi connectivity index (χ4n) is 6.93. The summed E-state index contributed by atoms with van der Waals surface area (Å²) in [5.41, 5.74) is -1.68. The summed E-state index contributed by atoms with van der Waals surface area (Å²) in [6.07, 6.45) is 5.30. The summed E-state index contributed by atoms with van der Waals surface area (Å²) >= 11 is 0. The first-order chi connectivity index (χ1) is 24.8. The van der Waals surface area contributed by atoms with E-state index >= 15 is 0 Å². The Hall–Kier alpha value is -2.32. The molecular formula is C41H72N2O10. The number of piperazine rings is 1. The van der Waals surface area contributed by atoms with Crippen LogP contribution in [0.1, 0.15) is 101 Å². The van der Waals surface area contributed by atoms with E-state index in [9.17, 15) is 30.0 Å². The molecule has 0 aromatic rings. The highest BCUT2D eigenvalue weighted by Gasteiger charge is 2.40. The minimum absolute atomic E-state index is 0.0761. The summed E-state index contributed by atoms with van der Waals surface area (Å²) in [5, 5.41) is 43.2. The van der Waals surface area contributed by atoms with Gasteiger partial charge in [0.2, 0.25) is 0 Å². The van der Waals surface area contributed by atoms with Gasteiger partial charge in [-0.25, -0.2) is 4.79 Å². The Morgan fingerprint density at radius 1 is 1.08 bits per heavy atom. The maximum absolute atomic E-state index is 13.6. The summed E-state index contributed by atoms with van der Waals surface area (Å²) in [6.45, 7) is 22.8. The number of aliphatic hydroxyl groups is 4. The zero-order valence-corrected chi connectivity index (χ0v) is 34.2. The lowest BCUT2D eigenvalue weighted by Gasteiger charge is -2.40. The Kier molecular flexibility index (Phi) is 19.7.